The molecule has 0 spiro atoms. The number of carbonyl (C=O) groups excluding carboxylic acids is 2. The molecule has 0 bridgehead atoms. The van der Waals surface area contributed by atoms with E-state index in [1.165, 1.54) is 4.90 Å². The molecule has 2 fully saturated rings. The number of fused-ring (bicyclic) bond motifs is 2. The van der Waals surface area contributed by atoms with Crippen LogP contribution < -0.4 is 10.6 Å². The van der Waals surface area contributed by atoms with E-state index in [9.17, 15) is 19.5 Å². The number of aliphatic hydroxyl groups is 1. The number of rotatable bonds is 7. The Morgan fingerprint density at radius 2 is 1.49 bits per heavy atom. The number of ether oxygens (including phenoxy) is 2. The van der Waals surface area contributed by atoms with E-state index in [0.29, 0.717) is 28.9 Å². The number of amides is 2. The van der Waals surface area contributed by atoms with E-state index in [0.717, 1.165) is 48.1 Å². The lowest BCUT2D eigenvalue weighted by Gasteiger charge is -2.44. The zero-order chi connectivity index (χ0) is 33.6. The predicted octanol–water partition coefficient (Wildman–Crippen LogP) is 5.75. The number of aliphatic hydroxyl groups excluding tert-OH is 1. The van der Waals surface area contributed by atoms with Gasteiger partial charge in [-0.3, -0.25) is 14.2 Å². The number of hydrogen-bond donors (Lipinski definition) is 2. The fraction of sp³-hybridized carbons (Fsp3) is 0.308. The first kappa shape index (κ1) is 31.4. The van der Waals surface area contributed by atoms with E-state index >= 15 is 0 Å². The summed E-state index contributed by atoms with van der Waals surface area (Å²) in [5.74, 6) is -0.714. The monoisotopic (exact) mass is 658 g/mol. The van der Waals surface area contributed by atoms with E-state index < -0.39 is 6.29 Å². The molecule has 0 aliphatic carbocycles. The maximum absolute atomic E-state index is 13.3. The highest BCUT2D eigenvalue weighted by Gasteiger charge is 2.41. The van der Waals surface area contributed by atoms with Crippen LogP contribution in [-0.4, -0.2) is 57.1 Å². The van der Waals surface area contributed by atoms with Gasteiger partial charge in [0.2, 0.25) is 0 Å². The molecule has 2 saturated heterocycles. The van der Waals surface area contributed by atoms with Gasteiger partial charge in [0, 0.05) is 37.2 Å². The van der Waals surface area contributed by atoms with Crippen molar-refractivity contribution in [2.75, 3.05) is 24.5 Å². The second kappa shape index (κ2) is 12.9. The first-order valence-corrected chi connectivity index (χ1v) is 16.9. The van der Waals surface area contributed by atoms with Crippen molar-refractivity contribution in [3.63, 3.8) is 0 Å². The topological polar surface area (TPSA) is 117 Å². The largest absolute Gasteiger partial charge is 0.392 e. The van der Waals surface area contributed by atoms with Gasteiger partial charge in [0.05, 0.1) is 46.7 Å². The van der Waals surface area contributed by atoms with Crippen LogP contribution in [0.1, 0.15) is 75.6 Å². The lowest BCUT2D eigenvalue weighted by molar-refractivity contribution is -0.276. The molecule has 1 aromatic heterocycles. The number of likely N-dealkylation sites (tertiary alicyclic amines) is 1. The van der Waals surface area contributed by atoms with Crippen molar-refractivity contribution in [1.29, 1.82) is 0 Å². The highest BCUT2D eigenvalue weighted by Crippen LogP contribution is 2.43. The number of para-hydroxylation sites is 2. The molecule has 4 unspecified atom stereocenters. The Morgan fingerprint density at radius 3 is 2.20 bits per heavy atom. The summed E-state index contributed by atoms with van der Waals surface area (Å²) in [7, 11) is 0. The van der Waals surface area contributed by atoms with Crippen LogP contribution in [0.5, 0.6) is 0 Å². The number of nitrogens with zero attached hydrogens (tertiary/aromatic N) is 3. The van der Waals surface area contributed by atoms with E-state index in [2.05, 4.69) is 16.8 Å². The average Bonchev–Trinajstić information content (AvgIpc) is 3.61. The average molecular weight is 659 g/mol. The molecule has 0 saturated carbocycles. The Balaban J connectivity index is 1.04. The first-order chi connectivity index (χ1) is 23.9. The summed E-state index contributed by atoms with van der Waals surface area (Å²) >= 11 is 0. The van der Waals surface area contributed by atoms with E-state index in [-0.39, 0.29) is 48.3 Å². The number of aromatic nitrogens is 2. The van der Waals surface area contributed by atoms with Gasteiger partial charge >= 0.3 is 5.69 Å². The van der Waals surface area contributed by atoms with Crippen LogP contribution >= 0.6 is 0 Å². The van der Waals surface area contributed by atoms with E-state index in [1.807, 2.05) is 65.2 Å². The number of H-pyrrole nitrogens is 1. The molecule has 4 atom stereocenters. The molecular formula is C39H38N4O6. The minimum atomic E-state index is -0.749. The molecule has 5 aromatic rings. The van der Waals surface area contributed by atoms with Crippen LogP contribution in [0.25, 0.3) is 11.0 Å². The summed E-state index contributed by atoms with van der Waals surface area (Å²) in [5.41, 5.74) is 5.49. The van der Waals surface area contributed by atoms with E-state index in [1.54, 1.807) is 36.4 Å². The fourth-order valence-electron chi connectivity index (χ4n) is 7.61. The fourth-order valence-corrected chi connectivity index (χ4v) is 7.61. The van der Waals surface area contributed by atoms with Crippen LogP contribution in [0.4, 0.5) is 5.69 Å². The van der Waals surface area contributed by atoms with Crippen molar-refractivity contribution in [3.8, 4) is 0 Å². The molecule has 10 nitrogen and oxygen atoms in total. The van der Waals surface area contributed by atoms with Gasteiger partial charge in [-0.2, -0.15) is 0 Å². The number of carbonyl (C=O) groups is 2. The maximum Gasteiger partial charge on any atom is 0.326 e. The van der Waals surface area contributed by atoms with Crippen LogP contribution in [0.3, 0.4) is 0 Å². The Labute approximate surface area is 283 Å². The third-order valence-corrected chi connectivity index (χ3v) is 10.3. The van der Waals surface area contributed by atoms with Crippen molar-refractivity contribution in [2.45, 2.75) is 50.9 Å². The maximum atomic E-state index is 13.3. The Kier molecular flexibility index (Phi) is 8.25. The zero-order valence-electron chi connectivity index (χ0n) is 27.2. The number of nitrogens with one attached hydrogen (secondary N) is 1. The Morgan fingerprint density at radius 1 is 0.796 bits per heavy atom. The van der Waals surface area contributed by atoms with Gasteiger partial charge in [0.15, 0.2) is 6.29 Å². The number of hydrogen-bond acceptors (Lipinski definition) is 7. The highest BCUT2D eigenvalue weighted by molar-refractivity contribution is 6.34. The molecule has 10 heteroatoms. The lowest BCUT2D eigenvalue weighted by Crippen LogP contribution is -2.47. The smallest absolute Gasteiger partial charge is 0.326 e. The lowest BCUT2D eigenvalue weighted by atomic mass is 9.89. The van der Waals surface area contributed by atoms with Crippen molar-refractivity contribution in [3.05, 3.63) is 135 Å². The molecule has 4 heterocycles. The number of aromatic amines is 1. The van der Waals surface area contributed by atoms with Crippen LogP contribution in [0.2, 0.25) is 0 Å². The van der Waals surface area contributed by atoms with Gasteiger partial charge in [-0.15, -0.1) is 0 Å². The summed E-state index contributed by atoms with van der Waals surface area (Å²) in [5, 5.41) is 9.63. The van der Waals surface area contributed by atoms with Crippen molar-refractivity contribution in [2.24, 2.45) is 5.92 Å². The van der Waals surface area contributed by atoms with Crippen LogP contribution in [0.15, 0.2) is 102 Å². The molecule has 8 rings (SSSR count). The minimum Gasteiger partial charge on any atom is -0.392 e. The summed E-state index contributed by atoms with van der Waals surface area (Å²) in [6, 6.07) is 29.9. The highest BCUT2D eigenvalue weighted by atomic mass is 16.7. The molecule has 250 valence electrons. The van der Waals surface area contributed by atoms with Gasteiger partial charge in [-0.25, -0.2) is 9.69 Å². The number of piperidine rings is 1. The third kappa shape index (κ3) is 5.70. The van der Waals surface area contributed by atoms with Gasteiger partial charge in [-0.1, -0.05) is 67.6 Å². The molecule has 2 N–H and O–H groups in total. The second-order valence-corrected chi connectivity index (χ2v) is 13.3. The minimum absolute atomic E-state index is 0.00962. The molecule has 4 aromatic carbocycles. The summed E-state index contributed by atoms with van der Waals surface area (Å²) in [4.78, 5) is 46.0. The summed E-state index contributed by atoms with van der Waals surface area (Å²) in [6.45, 7) is 4.42. The van der Waals surface area contributed by atoms with Crippen molar-refractivity contribution in [1.82, 2.24) is 14.5 Å². The molecule has 2 amide bonds. The Bertz CT molecular complexity index is 2040. The molecule has 3 aliphatic rings. The molecule has 49 heavy (non-hydrogen) atoms. The summed E-state index contributed by atoms with van der Waals surface area (Å²) in [6.07, 6.45) is 0.438. The first-order valence-electron chi connectivity index (χ1n) is 16.9. The molecular weight excluding hydrogens is 620 g/mol. The van der Waals surface area contributed by atoms with Gasteiger partial charge < -0.3 is 24.5 Å². The van der Waals surface area contributed by atoms with E-state index in [4.69, 9.17) is 9.47 Å². The SMILES string of the molecule is CC1C(CN2CCC(n3c(=O)[nH]c4ccccc43)CC2)OC(c2cccc(N3C(=O)c4ccccc4C3=O)c2)OC1c1ccc(CO)cc1. The predicted molar refractivity (Wildman–Crippen MR) is 184 cm³/mol. The number of anilines is 1. The second-order valence-electron chi connectivity index (χ2n) is 13.3. The van der Waals surface area contributed by atoms with Crippen molar-refractivity contribution < 1.29 is 24.2 Å². The number of benzene rings is 4. The van der Waals surface area contributed by atoms with Crippen LogP contribution in [-0.2, 0) is 16.1 Å². The zero-order valence-corrected chi connectivity index (χ0v) is 27.2. The quantitative estimate of drug-likeness (QED) is 0.214. The van der Waals surface area contributed by atoms with Gasteiger partial charge in [0.25, 0.3) is 11.8 Å². The van der Waals surface area contributed by atoms with Crippen molar-refractivity contribution >= 4 is 28.5 Å². The third-order valence-electron chi connectivity index (χ3n) is 10.3. The standard InChI is InChI=1S/C39H38N4O6/c1-24-34(22-41-19-17-28(18-20-41)42-33-12-5-4-11-32(33)40-39(42)47)48-38(49-35(24)26-15-13-25(23-44)14-16-26)27-7-6-8-29(21-27)43-36(45)30-9-2-3-10-31(30)37(43)46/h2-16,21,24,28,34-35,38,44H,17-20,22-23H2,1H3,(H,40,47). The van der Waals surface area contributed by atoms with Gasteiger partial charge in [0.1, 0.15) is 0 Å². The number of imide groups is 1. The van der Waals surface area contributed by atoms with Gasteiger partial charge in [-0.05, 0) is 60.4 Å². The number of imidazole rings is 1. The summed E-state index contributed by atoms with van der Waals surface area (Å²) < 4.78 is 15.3. The Hall–Kier alpha value is -4.87. The molecule has 3 aliphatic heterocycles. The molecule has 0 radical (unpaired) electrons. The van der Waals surface area contributed by atoms with Crippen LogP contribution in [0, 0.1) is 5.92 Å². The normalized spacial score (nSPS) is 23.3.